The summed E-state index contributed by atoms with van der Waals surface area (Å²) in [6.45, 7) is 4.58. The standard InChI is InChI=1S/C19H23N3O4/c1-14(18(23)20-15-5-7-16(25-2)8-6-15)21-9-11-22(12-10-21)19(24)17-4-3-13-26-17/h3-8,13-14H,9-12H2,1-2H3,(H,20,23)/p+1/t14-/m0/s1. The van der Waals surface area contributed by atoms with E-state index >= 15 is 0 Å². The van der Waals surface area contributed by atoms with E-state index in [1.807, 2.05) is 31.2 Å². The normalized spacial score (nSPS) is 16.2. The number of ether oxygens (including phenoxy) is 1. The molecule has 7 nitrogen and oxygen atoms in total. The van der Waals surface area contributed by atoms with E-state index in [0.717, 1.165) is 24.5 Å². The summed E-state index contributed by atoms with van der Waals surface area (Å²) in [5.41, 5.74) is 0.744. The first-order valence-electron chi connectivity index (χ1n) is 8.71. The number of piperazine rings is 1. The maximum atomic E-state index is 12.5. The first-order chi connectivity index (χ1) is 12.6. The molecule has 1 aliphatic heterocycles. The summed E-state index contributed by atoms with van der Waals surface area (Å²) in [7, 11) is 1.61. The van der Waals surface area contributed by atoms with Crippen LogP contribution in [-0.4, -0.2) is 56.0 Å². The van der Waals surface area contributed by atoms with Gasteiger partial charge in [0.25, 0.3) is 11.8 Å². The highest BCUT2D eigenvalue weighted by Crippen LogP contribution is 2.15. The Morgan fingerprint density at radius 2 is 1.88 bits per heavy atom. The smallest absolute Gasteiger partial charge is 0.289 e. The number of amides is 2. The van der Waals surface area contributed by atoms with Crippen molar-refractivity contribution in [3.05, 3.63) is 48.4 Å². The molecule has 1 aromatic heterocycles. The van der Waals surface area contributed by atoms with E-state index < -0.39 is 0 Å². The molecule has 0 spiro atoms. The van der Waals surface area contributed by atoms with E-state index in [9.17, 15) is 9.59 Å². The average molecular weight is 358 g/mol. The zero-order valence-electron chi connectivity index (χ0n) is 15.0. The number of hydrogen-bond donors (Lipinski definition) is 2. The third-order valence-electron chi connectivity index (χ3n) is 4.79. The fourth-order valence-corrected chi connectivity index (χ4v) is 3.10. The maximum Gasteiger partial charge on any atom is 0.289 e. The average Bonchev–Trinajstić information content (AvgIpc) is 3.22. The molecule has 1 aromatic carbocycles. The van der Waals surface area contributed by atoms with Crippen LogP contribution >= 0.6 is 0 Å². The lowest BCUT2D eigenvalue weighted by Gasteiger charge is -2.34. The van der Waals surface area contributed by atoms with Crippen LogP contribution < -0.4 is 15.0 Å². The summed E-state index contributed by atoms with van der Waals surface area (Å²) in [6, 6.07) is 10.4. The number of hydrogen-bond acceptors (Lipinski definition) is 4. The van der Waals surface area contributed by atoms with Gasteiger partial charge in [-0.15, -0.1) is 0 Å². The Bertz CT molecular complexity index is 735. The highest BCUT2D eigenvalue weighted by Gasteiger charge is 2.31. The molecule has 7 heteroatoms. The first kappa shape index (κ1) is 18.0. The Morgan fingerprint density at radius 1 is 1.19 bits per heavy atom. The van der Waals surface area contributed by atoms with Gasteiger partial charge in [0.05, 0.1) is 39.6 Å². The van der Waals surface area contributed by atoms with Crippen LogP contribution in [0, 0.1) is 0 Å². The number of benzene rings is 1. The van der Waals surface area contributed by atoms with Crippen LogP contribution in [0.1, 0.15) is 17.5 Å². The van der Waals surface area contributed by atoms with Crippen molar-refractivity contribution in [1.29, 1.82) is 0 Å². The van der Waals surface area contributed by atoms with Crippen molar-refractivity contribution in [3.8, 4) is 5.75 Å². The fourth-order valence-electron chi connectivity index (χ4n) is 3.10. The van der Waals surface area contributed by atoms with Crippen molar-refractivity contribution < 1.29 is 23.6 Å². The molecule has 1 aliphatic rings. The van der Waals surface area contributed by atoms with Gasteiger partial charge in [0, 0.05) is 5.69 Å². The minimum Gasteiger partial charge on any atom is -0.497 e. The number of nitrogens with zero attached hydrogens (tertiary/aromatic N) is 1. The molecule has 2 N–H and O–H groups in total. The number of nitrogens with one attached hydrogen (secondary N) is 2. The van der Waals surface area contributed by atoms with Gasteiger partial charge >= 0.3 is 0 Å². The molecule has 0 bridgehead atoms. The molecule has 138 valence electrons. The number of methoxy groups -OCH3 is 1. The molecule has 2 amide bonds. The van der Waals surface area contributed by atoms with Crippen molar-refractivity contribution in [1.82, 2.24) is 4.90 Å². The van der Waals surface area contributed by atoms with Gasteiger partial charge in [0.15, 0.2) is 11.8 Å². The van der Waals surface area contributed by atoms with Crippen molar-refractivity contribution in [2.45, 2.75) is 13.0 Å². The fraction of sp³-hybridized carbons (Fsp3) is 0.368. The van der Waals surface area contributed by atoms with Crippen LogP contribution in [0.15, 0.2) is 47.1 Å². The van der Waals surface area contributed by atoms with Crippen LogP contribution in [0.25, 0.3) is 0 Å². The van der Waals surface area contributed by atoms with Crippen molar-refractivity contribution in [2.75, 3.05) is 38.6 Å². The number of anilines is 1. The second kappa shape index (κ2) is 8.05. The van der Waals surface area contributed by atoms with E-state index in [-0.39, 0.29) is 17.9 Å². The van der Waals surface area contributed by atoms with E-state index in [4.69, 9.17) is 9.15 Å². The number of carbonyl (C=O) groups is 2. The van der Waals surface area contributed by atoms with Crippen LogP contribution in [0.2, 0.25) is 0 Å². The molecule has 2 heterocycles. The lowest BCUT2D eigenvalue weighted by atomic mass is 10.2. The monoisotopic (exact) mass is 358 g/mol. The quantitative estimate of drug-likeness (QED) is 0.823. The molecule has 1 fully saturated rings. The van der Waals surface area contributed by atoms with E-state index in [1.165, 1.54) is 11.2 Å². The first-order valence-corrected chi connectivity index (χ1v) is 8.71. The summed E-state index contributed by atoms with van der Waals surface area (Å²) in [5.74, 6) is 0.984. The molecule has 1 saturated heterocycles. The van der Waals surface area contributed by atoms with Gasteiger partial charge in [-0.05, 0) is 43.3 Å². The van der Waals surface area contributed by atoms with Crippen molar-refractivity contribution in [3.63, 3.8) is 0 Å². The predicted octanol–water partition coefficient (Wildman–Crippen LogP) is 0.656. The largest absolute Gasteiger partial charge is 0.497 e. The Labute approximate surface area is 152 Å². The third kappa shape index (κ3) is 4.05. The topological polar surface area (TPSA) is 76.2 Å². The molecule has 0 aliphatic carbocycles. The van der Waals surface area contributed by atoms with Gasteiger partial charge in [-0.1, -0.05) is 0 Å². The lowest BCUT2D eigenvalue weighted by Crippen LogP contribution is -3.19. The Balaban J connectivity index is 1.51. The summed E-state index contributed by atoms with van der Waals surface area (Å²) in [4.78, 5) is 27.7. The molecule has 0 saturated carbocycles. The van der Waals surface area contributed by atoms with E-state index in [1.54, 1.807) is 24.1 Å². The van der Waals surface area contributed by atoms with Crippen LogP contribution in [0.3, 0.4) is 0 Å². The van der Waals surface area contributed by atoms with Gasteiger partial charge < -0.3 is 24.3 Å². The SMILES string of the molecule is COc1ccc(NC(=O)[C@H](C)[NH+]2CCN(C(=O)c3ccco3)CC2)cc1. The van der Waals surface area contributed by atoms with Gasteiger partial charge in [-0.2, -0.15) is 0 Å². The molecule has 0 unspecified atom stereocenters. The van der Waals surface area contributed by atoms with Crippen molar-refractivity contribution >= 4 is 17.5 Å². The maximum absolute atomic E-state index is 12.5. The van der Waals surface area contributed by atoms with Gasteiger partial charge in [0.2, 0.25) is 0 Å². The molecule has 26 heavy (non-hydrogen) atoms. The summed E-state index contributed by atoms with van der Waals surface area (Å²) in [5, 5.41) is 2.94. The molecule has 1 atom stereocenters. The molecular formula is C19H24N3O4+. The second-order valence-corrected chi connectivity index (χ2v) is 6.37. The second-order valence-electron chi connectivity index (χ2n) is 6.37. The van der Waals surface area contributed by atoms with Crippen LogP contribution in [0.5, 0.6) is 5.75 Å². The Hall–Kier alpha value is -2.80. The van der Waals surface area contributed by atoms with Crippen LogP contribution in [0.4, 0.5) is 5.69 Å². The number of quaternary nitrogens is 1. The summed E-state index contributed by atoms with van der Waals surface area (Å²) < 4.78 is 10.3. The zero-order chi connectivity index (χ0) is 18.5. The number of furan rings is 1. The third-order valence-corrected chi connectivity index (χ3v) is 4.79. The number of rotatable bonds is 5. The molecule has 3 rings (SSSR count). The molecular weight excluding hydrogens is 334 g/mol. The highest BCUT2D eigenvalue weighted by atomic mass is 16.5. The zero-order valence-corrected chi connectivity index (χ0v) is 15.0. The van der Waals surface area contributed by atoms with Gasteiger partial charge in [0.1, 0.15) is 5.75 Å². The van der Waals surface area contributed by atoms with Crippen molar-refractivity contribution in [2.24, 2.45) is 0 Å². The van der Waals surface area contributed by atoms with Gasteiger partial charge in [-0.3, -0.25) is 9.59 Å². The van der Waals surface area contributed by atoms with Gasteiger partial charge in [-0.25, -0.2) is 0 Å². The van der Waals surface area contributed by atoms with E-state index in [2.05, 4.69) is 5.32 Å². The van der Waals surface area contributed by atoms with Crippen LogP contribution in [-0.2, 0) is 4.79 Å². The van der Waals surface area contributed by atoms with E-state index in [0.29, 0.717) is 18.8 Å². The number of carbonyl (C=O) groups excluding carboxylic acids is 2. The highest BCUT2D eigenvalue weighted by molar-refractivity contribution is 5.93. The minimum atomic E-state index is -0.196. The molecule has 2 aromatic rings. The Morgan fingerprint density at radius 3 is 2.46 bits per heavy atom. The Kier molecular flexibility index (Phi) is 5.58. The lowest BCUT2D eigenvalue weighted by molar-refractivity contribution is -0.917. The summed E-state index contributed by atoms with van der Waals surface area (Å²) >= 11 is 0. The minimum absolute atomic E-state index is 0.0315. The predicted molar refractivity (Wildman–Crippen MR) is 96.4 cm³/mol. The molecule has 0 radical (unpaired) electrons. The summed E-state index contributed by atoms with van der Waals surface area (Å²) in [6.07, 6.45) is 1.50.